The van der Waals surface area contributed by atoms with Crippen LogP contribution in [0.4, 0.5) is 0 Å². The van der Waals surface area contributed by atoms with E-state index in [1.165, 1.54) is 0 Å². The lowest BCUT2D eigenvalue weighted by Crippen LogP contribution is -2.20. The van der Waals surface area contributed by atoms with Gasteiger partial charge in [-0.1, -0.05) is 18.2 Å². The van der Waals surface area contributed by atoms with Gasteiger partial charge in [0.1, 0.15) is 12.4 Å². The number of nitrogens with zero attached hydrogens (tertiary/aromatic N) is 1. The van der Waals surface area contributed by atoms with Gasteiger partial charge < -0.3 is 15.2 Å². The molecule has 1 heterocycles. The maximum atomic E-state index is 5.75. The van der Waals surface area contributed by atoms with E-state index < -0.39 is 0 Å². The number of para-hydroxylation sites is 1. The van der Waals surface area contributed by atoms with Crippen LogP contribution >= 0.6 is 0 Å². The van der Waals surface area contributed by atoms with E-state index in [-0.39, 0.29) is 18.2 Å². The number of benzene rings is 1. The van der Waals surface area contributed by atoms with Crippen molar-refractivity contribution in [3.05, 3.63) is 30.3 Å². The second kappa shape index (κ2) is 4.88. The van der Waals surface area contributed by atoms with Crippen molar-refractivity contribution in [2.45, 2.75) is 25.5 Å². The van der Waals surface area contributed by atoms with E-state index >= 15 is 0 Å². The van der Waals surface area contributed by atoms with Gasteiger partial charge in [0.2, 0.25) is 0 Å². The molecular weight excluding hydrogens is 204 g/mol. The summed E-state index contributed by atoms with van der Waals surface area (Å²) in [5.41, 5.74) is 5.44. The Morgan fingerprint density at radius 3 is 2.88 bits per heavy atom. The summed E-state index contributed by atoms with van der Waals surface area (Å²) in [6, 6.07) is 10.2. The first kappa shape index (κ1) is 10.8. The fraction of sp³-hybridized carbons (Fsp3) is 0.417. The number of aliphatic imine (C=N–C) groups is 1. The molecule has 4 heteroatoms. The van der Waals surface area contributed by atoms with E-state index in [1.54, 1.807) is 0 Å². The number of nitrogens with two attached hydrogens (primary N) is 1. The average molecular weight is 220 g/mol. The van der Waals surface area contributed by atoms with Crippen LogP contribution in [0.3, 0.4) is 0 Å². The van der Waals surface area contributed by atoms with Crippen LogP contribution in [0.25, 0.3) is 0 Å². The Morgan fingerprint density at radius 1 is 1.50 bits per heavy atom. The second-order valence-electron chi connectivity index (χ2n) is 3.91. The number of rotatable bonds is 4. The zero-order chi connectivity index (χ0) is 11.4. The monoisotopic (exact) mass is 220 g/mol. The third-order valence-electron chi connectivity index (χ3n) is 2.42. The predicted molar refractivity (Wildman–Crippen MR) is 62.5 cm³/mol. The van der Waals surface area contributed by atoms with E-state index in [2.05, 4.69) is 4.99 Å². The molecule has 1 aromatic rings. The highest BCUT2D eigenvalue weighted by Gasteiger charge is 2.20. The molecule has 0 fully saturated rings. The third-order valence-corrected chi connectivity index (χ3v) is 2.42. The van der Waals surface area contributed by atoms with Crippen LogP contribution in [-0.4, -0.2) is 24.8 Å². The highest BCUT2D eigenvalue weighted by molar-refractivity contribution is 5.72. The lowest BCUT2D eigenvalue weighted by atomic mass is 10.1. The maximum Gasteiger partial charge on any atom is 0.282 e. The minimum atomic E-state index is 0.102. The molecule has 0 amide bonds. The van der Waals surface area contributed by atoms with Crippen LogP contribution in [0.5, 0.6) is 5.75 Å². The molecule has 0 saturated heterocycles. The van der Waals surface area contributed by atoms with Crippen LogP contribution in [0, 0.1) is 0 Å². The Balaban J connectivity index is 1.83. The molecule has 4 nitrogen and oxygen atoms in total. The summed E-state index contributed by atoms with van der Waals surface area (Å²) in [7, 11) is 0. The quantitative estimate of drug-likeness (QED) is 0.837. The van der Waals surface area contributed by atoms with Gasteiger partial charge >= 0.3 is 0 Å². The first-order valence-corrected chi connectivity index (χ1v) is 5.42. The van der Waals surface area contributed by atoms with Crippen LogP contribution in [-0.2, 0) is 4.74 Å². The Kier molecular flexibility index (Phi) is 3.29. The zero-order valence-electron chi connectivity index (χ0n) is 9.30. The largest absolute Gasteiger partial charge is 0.491 e. The molecule has 0 saturated carbocycles. The summed E-state index contributed by atoms with van der Waals surface area (Å²) >= 11 is 0. The molecule has 1 aliphatic heterocycles. The Morgan fingerprint density at radius 2 is 2.25 bits per heavy atom. The minimum Gasteiger partial charge on any atom is -0.491 e. The first-order chi connectivity index (χ1) is 7.74. The van der Waals surface area contributed by atoms with E-state index in [4.69, 9.17) is 15.2 Å². The number of ether oxygens (including phenoxy) is 2. The van der Waals surface area contributed by atoms with Gasteiger partial charge in [0.05, 0.1) is 12.1 Å². The van der Waals surface area contributed by atoms with Crippen molar-refractivity contribution in [3.63, 3.8) is 0 Å². The highest BCUT2D eigenvalue weighted by Crippen LogP contribution is 2.15. The summed E-state index contributed by atoms with van der Waals surface area (Å²) < 4.78 is 10.8. The molecule has 16 heavy (non-hydrogen) atoms. The van der Waals surface area contributed by atoms with Crippen molar-refractivity contribution in [2.24, 2.45) is 10.7 Å². The van der Waals surface area contributed by atoms with Crippen LogP contribution in [0.2, 0.25) is 0 Å². The SMILES string of the molecule is C[C@H](CC1COC(N)=N1)Oc1ccccc1. The van der Waals surface area contributed by atoms with Crippen LogP contribution < -0.4 is 10.5 Å². The van der Waals surface area contributed by atoms with Crippen LogP contribution in [0.15, 0.2) is 35.3 Å². The van der Waals surface area contributed by atoms with Crippen LogP contribution in [0.1, 0.15) is 13.3 Å². The average Bonchev–Trinajstić information content (AvgIpc) is 2.65. The highest BCUT2D eigenvalue weighted by atomic mass is 16.5. The van der Waals surface area contributed by atoms with Gasteiger partial charge in [-0.25, -0.2) is 4.99 Å². The molecule has 1 aromatic carbocycles. The zero-order valence-corrected chi connectivity index (χ0v) is 9.30. The normalized spacial score (nSPS) is 21.1. The minimum absolute atomic E-state index is 0.102. The maximum absolute atomic E-state index is 5.75. The van der Waals surface area contributed by atoms with E-state index in [1.807, 2.05) is 37.3 Å². The van der Waals surface area contributed by atoms with Crippen molar-refractivity contribution in [3.8, 4) is 5.75 Å². The van der Waals surface area contributed by atoms with Crippen molar-refractivity contribution >= 4 is 6.02 Å². The predicted octanol–water partition coefficient (Wildman–Crippen LogP) is 1.56. The fourth-order valence-electron chi connectivity index (χ4n) is 1.72. The van der Waals surface area contributed by atoms with Crippen molar-refractivity contribution < 1.29 is 9.47 Å². The first-order valence-electron chi connectivity index (χ1n) is 5.42. The summed E-state index contributed by atoms with van der Waals surface area (Å²) in [4.78, 5) is 4.16. The van der Waals surface area contributed by atoms with E-state index in [0.717, 1.165) is 12.2 Å². The molecule has 1 aliphatic rings. The number of hydrogen-bond acceptors (Lipinski definition) is 4. The lowest BCUT2D eigenvalue weighted by molar-refractivity contribution is 0.189. The second-order valence-corrected chi connectivity index (χ2v) is 3.91. The topological polar surface area (TPSA) is 56.8 Å². The summed E-state index contributed by atoms with van der Waals surface area (Å²) in [5.74, 6) is 0.880. The van der Waals surface area contributed by atoms with Crippen molar-refractivity contribution in [1.82, 2.24) is 0 Å². The number of hydrogen-bond donors (Lipinski definition) is 1. The molecule has 0 aromatic heterocycles. The molecule has 2 atom stereocenters. The molecule has 2 rings (SSSR count). The van der Waals surface area contributed by atoms with Gasteiger partial charge in [-0.2, -0.15) is 0 Å². The lowest BCUT2D eigenvalue weighted by Gasteiger charge is -2.16. The van der Waals surface area contributed by atoms with Gasteiger partial charge in [0.15, 0.2) is 0 Å². The fourth-order valence-corrected chi connectivity index (χ4v) is 1.72. The standard InChI is InChI=1S/C12H16N2O2/c1-9(7-10-8-15-12(13)14-10)16-11-5-3-2-4-6-11/h2-6,9-10H,7-8H2,1H3,(H2,13,14)/t9-,10?/m1/s1. The Labute approximate surface area is 95.1 Å². The molecule has 86 valence electrons. The van der Waals surface area contributed by atoms with Gasteiger partial charge in [-0.05, 0) is 19.1 Å². The Bertz CT molecular complexity index is 365. The summed E-state index contributed by atoms with van der Waals surface area (Å²) in [6.45, 7) is 2.59. The summed E-state index contributed by atoms with van der Waals surface area (Å²) in [6.07, 6.45) is 0.918. The third kappa shape index (κ3) is 2.89. The molecule has 0 spiro atoms. The number of amidine groups is 1. The molecule has 0 bridgehead atoms. The Hall–Kier alpha value is -1.71. The molecule has 0 radical (unpaired) electrons. The van der Waals surface area contributed by atoms with Crippen molar-refractivity contribution in [2.75, 3.05) is 6.61 Å². The van der Waals surface area contributed by atoms with Gasteiger partial charge in [-0.15, -0.1) is 0 Å². The molecular formula is C12H16N2O2. The van der Waals surface area contributed by atoms with E-state index in [0.29, 0.717) is 6.61 Å². The summed E-state index contributed by atoms with van der Waals surface area (Å²) in [5, 5.41) is 0. The molecule has 0 aliphatic carbocycles. The molecule has 2 N–H and O–H groups in total. The van der Waals surface area contributed by atoms with E-state index in [9.17, 15) is 0 Å². The molecule has 1 unspecified atom stereocenters. The van der Waals surface area contributed by atoms with Gasteiger partial charge in [-0.3, -0.25) is 0 Å². The van der Waals surface area contributed by atoms with Crippen molar-refractivity contribution in [1.29, 1.82) is 0 Å². The van der Waals surface area contributed by atoms with Gasteiger partial charge in [0.25, 0.3) is 6.02 Å². The van der Waals surface area contributed by atoms with Gasteiger partial charge in [0, 0.05) is 6.42 Å². The smallest absolute Gasteiger partial charge is 0.282 e.